The highest BCUT2D eigenvalue weighted by Crippen LogP contribution is 2.13. The molecule has 0 unspecified atom stereocenters. The van der Waals surface area contributed by atoms with Crippen LogP contribution >= 0.6 is 0 Å². The van der Waals surface area contributed by atoms with Crippen molar-refractivity contribution in [3.63, 3.8) is 0 Å². The molecule has 0 radical (unpaired) electrons. The van der Waals surface area contributed by atoms with E-state index in [2.05, 4.69) is 5.32 Å². The molecule has 1 N–H and O–H groups in total. The lowest BCUT2D eigenvalue weighted by Gasteiger charge is -2.08. The van der Waals surface area contributed by atoms with Gasteiger partial charge in [-0.3, -0.25) is 4.79 Å². The van der Waals surface area contributed by atoms with Gasteiger partial charge in [-0.25, -0.2) is 0 Å². The number of benzene rings is 2. The lowest BCUT2D eigenvalue weighted by Crippen LogP contribution is -2.22. The molecule has 4 heteroatoms. The van der Waals surface area contributed by atoms with Crippen molar-refractivity contribution < 1.29 is 14.3 Å². The van der Waals surface area contributed by atoms with Gasteiger partial charge in [0.25, 0.3) is 5.91 Å². The first-order chi connectivity index (χ1) is 10.2. The van der Waals surface area contributed by atoms with Crippen LogP contribution < -0.4 is 10.1 Å². The molecule has 21 heavy (non-hydrogen) atoms. The molecule has 0 bridgehead atoms. The number of carbonyl (C=O) groups excluding carboxylic acids is 1. The van der Waals surface area contributed by atoms with E-state index < -0.39 is 0 Å². The Morgan fingerprint density at radius 3 is 2.57 bits per heavy atom. The van der Waals surface area contributed by atoms with Crippen molar-refractivity contribution in [2.45, 2.75) is 13.2 Å². The number of rotatable bonds is 6. The molecule has 0 aromatic heterocycles. The summed E-state index contributed by atoms with van der Waals surface area (Å²) in [5, 5.41) is 2.90. The monoisotopic (exact) mass is 285 g/mol. The van der Waals surface area contributed by atoms with Gasteiger partial charge in [0, 0.05) is 19.2 Å². The lowest BCUT2D eigenvalue weighted by molar-refractivity contribution is 0.0950. The molecule has 2 aromatic carbocycles. The van der Waals surface area contributed by atoms with E-state index >= 15 is 0 Å². The lowest BCUT2D eigenvalue weighted by atomic mass is 10.1. The van der Waals surface area contributed by atoms with Crippen LogP contribution in [0.1, 0.15) is 21.5 Å². The standard InChI is InChI=1S/C17H19NO3/c1-20-12-14-6-3-5-13(9-14)11-18-17(19)15-7-4-8-16(10-15)21-2/h3-10H,11-12H2,1-2H3,(H,18,19). The highest BCUT2D eigenvalue weighted by atomic mass is 16.5. The maximum absolute atomic E-state index is 12.1. The average Bonchev–Trinajstić information content (AvgIpc) is 2.53. The first kappa shape index (κ1) is 15.1. The normalized spacial score (nSPS) is 10.2. The van der Waals surface area contributed by atoms with Crippen LogP contribution in [0.5, 0.6) is 5.75 Å². The molecule has 2 aromatic rings. The Balaban J connectivity index is 1.98. The summed E-state index contributed by atoms with van der Waals surface area (Å²) >= 11 is 0. The zero-order valence-electron chi connectivity index (χ0n) is 12.3. The quantitative estimate of drug-likeness (QED) is 0.887. The number of carbonyl (C=O) groups is 1. The maximum atomic E-state index is 12.1. The fourth-order valence-electron chi connectivity index (χ4n) is 2.04. The first-order valence-corrected chi connectivity index (χ1v) is 6.72. The van der Waals surface area contributed by atoms with Crippen molar-refractivity contribution in [1.29, 1.82) is 0 Å². The van der Waals surface area contributed by atoms with Crippen LogP contribution in [0.2, 0.25) is 0 Å². The molecule has 2 rings (SSSR count). The van der Waals surface area contributed by atoms with Crippen molar-refractivity contribution in [3.8, 4) is 5.75 Å². The van der Waals surface area contributed by atoms with E-state index in [0.717, 1.165) is 11.1 Å². The molecule has 4 nitrogen and oxygen atoms in total. The van der Waals surface area contributed by atoms with E-state index in [1.165, 1.54) is 0 Å². The van der Waals surface area contributed by atoms with Gasteiger partial charge in [-0.1, -0.05) is 30.3 Å². The Bertz CT molecular complexity index is 610. The minimum Gasteiger partial charge on any atom is -0.497 e. The topological polar surface area (TPSA) is 47.6 Å². The van der Waals surface area contributed by atoms with E-state index in [9.17, 15) is 4.79 Å². The summed E-state index contributed by atoms with van der Waals surface area (Å²) in [5.74, 6) is 0.552. The molecule has 0 atom stereocenters. The summed E-state index contributed by atoms with van der Waals surface area (Å²) in [6.07, 6.45) is 0. The van der Waals surface area contributed by atoms with Gasteiger partial charge in [0.2, 0.25) is 0 Å². The molecule has 0 aliphatic heterocycles. The van der Waals surface area contributed by atoms with Crippen LogP contribution in [-0.4, -0.2) is 20.1 Å². The Hall–Kier alpha value is -2.33. The summed E-state index contributed by atoms with van der Waals surface area (Å²) in [7, 11) is 3.25. The highest BCUT2D eigenvalue weighted by molar-refractivity contribution is 5.94. The fourth-order valence-corrected chi connectivity index (χ4v) is 2.04. The van der Waals surface area contributed by atoms with E-state index in [1.54, 1.807) is 32.4 Å². The van der Waals surface area contributed by atoms with Crippen molar-refractivity contribution in [2.24, 2.45) is 0 Å². The number of amides is 1. The molecule has 0 aliphatic rings. The summed E-state index contributed by atoms with van der Waals surface area (Å²) in [4.78, 5) is 12.1. The minimum absolute atomic E-state index is 0.119. The van der Waals surface area contributed by atoms with Gasteiger partial charge in [0.1, 0.15) is 5.75 Å². The predicted molar refractivity (Wildman–Crippen MR) is 81.3 cm³/mol. The molecule has 0 heterocycles. The minimum atomic E-state index is -0.119. The molecule has 0 saturated heterocycles. The molecular formula is C17H19NO3. The molecule has 0 fully saturated rings. The second-order valence-corrected chi connectivity index (χ2v) is 4.67. The van der Waals surface area contributed by atoms with E-state index in [0.29, 0.717) is 24.5 Å². The molecule has 0 spiro atoms. The molecular weight excluding hydrogens is 266 g/mol. The van der Waals surface area contributed by atoms with E-state index in [4.69, 9.17) is 9.47 Å². The van der Waals surface area contributed by atoms with Crippen LogP contribution in [0.25, 0.3) is 0 Å². The van der Waals surface area contributed by atoms with Crippen LogP contribution in [0.3, 0.4) is 0 Å². The second kappa shape index (κ2) is 7.45. The van der Waals surface area contributed by atoms with Gasteiger partial charge >= 0.3 is 0 Å². The third-order valence-corrected chi connectivity index (χ3v) is 3.09. The number of ether oxygens (including phenoxy) is 2. The van der Waals surface area contributed by atoms with Gasteiger partial charge in [-0.2, -0.15) is 0 Å². The number of methoxy groups -OCH3 is 2. The Morgan fingerprint density at radius 1 is 1.05 bits per heavy atom. The van der Waals surface area contributed by atoms with Gasteiger partial charge in [-0.15, -0.1) is 0 Å². The third kappa shape index (κ3) is 4.33. The largest absolute Gasteiger partial charge is 0.497 e. The third-order valence-electron chi connectivity index (χ3n) is 3.09. The smallest absolute Gasteiger partial charge is 0.251 e. The Kier molecular flexibility index (Phi) is 5.35. The average molecular weight is 285 g/mol. The molecule has 0 saturated carbocycles. The second-order valence-electron chi connectivity index (χ2n) is 4.67. The molecule has 0 aliphatic carbocycles. The van der Waals surface area contributed by atoms with Crippen molar-refractivity contribution >= 4 is 5.91 Å². The van der Waals surface area contributed by atoms with Gasteiger partial charge in [0.15, 0.2) is 0 Å². The SMILES string of the molecule is COCc1cccc(CNC(=O)c2cccc(OC)c2)c1. The van der Waals surface area contributed by atoms with Crippen LogP contribution in [0.15, 0.2) is 48.5 Å². The van der Waals surface area contributed by atoms with Gasteiger partial charge in [-0.05, 0) is 29.3 Å². The van der Waals surface area contributed by atoms with Crippen LogP contribution in [0, 0.1) is 0 Å². The highest BCUT2D eigenvalue weighted by Gasteiger charge is 2.06. The Labute approximate surface area is 124 Å². The summed E-state index contributed by atoms with van der Waals surface area (Å²) in [6.45, 7) is 1.05. The van der Waals surface area contributed by atoms with E-state index in [1.807, 2.05) is 30.3 Å². The number of hydrogen-bond acceptors (Lipinski definition) is 3. The van der Waals surface area contributed by atoms with E-state index in [-0.39, 0.29) is 5.91 Å². The fraction of sp³-hybridized carbons (Fsp3) is 0.235. The number of hydrogen-bond donors (Lipinski definition) is 1. The van der Waals surface area contributed by atoms with Crippen LogP contribution in [0.4, 0.5) is 0 Å². The molecule has 110 valence electrons. The summed E-state index contributed by atoms with van der Waals surface area (Å²) in [5.41, 5.74) is 2.72. The Morgan fingerprint density at radius 2 is 1.81 bits per heavy atom. The maximum Gasteiger partial charge on any atom is 0.251 e. The van der Waals surface area contributed by atoms with Gasteiger partial charge in [0.05, 0.1) is 13.7 Å². The first-order valence-electron chi connectivity index (χ1n) is 6.72. The van der Waals surface area contributed by atoms with Crippen molar-refractivity contribution in [3.05, 3.63) is 65.2 Å². The summed E-state index contributed by atoms with van der Waals surface area (Å²) < 4.78 is 10.2. The van der Waals surface area contributed by atoms with Gasteiger partial charge < -0.3 is 14.8 Å². The zero-order chi connectivity index (χ0) is 15.1. The summed E-state index contributed by atoms with van der Waals surface area (Å²) in [6, 6.07) is 15.0. The number of nitrogens with one attached hydrogen (secondary N) is 1. The molecule has 1 amide bonds. The van der Waals surface area contributed by atoms with Crippen molar-refractivity contribution in [2.75, 3.05) is 14.2 Å². The van der Waals surface area contributed by atoms with Crippen LogP contribution in [-0.2, 0) is 17.9 Å². The van der Waals surface area contributed by atoms with Crippen molar-refractivity contribution in [1.82, 2.24) is 5.32 Å². The zero-order valence-corrected chi connectivity index (χ0v) is 12.3. The predicted octanol–water partition coefficient (Wildman–Crippen LogP) is 2.77.